The van der Waals surface area contributed by atoms with E-state index in [1.54, 1.807) is 7.11 Å². The lowest BCUT2D eigenvalue weighted by Crippen LogP contribution is -2.27. The molecule has 4 heteroatoms. The Bertz CT molecular complexity index is 544. The van der Waals surface area contributed by atoms with Gasteiger partial charge in [-0.15, -0.1) is 0 Å². The number of imidazole rings is 1. The van der Waals surface area contributed by atoms with Gasteiger partial charge in [-0.2, -0.15) is 0 Å². The minimum Gasteiger partial charge on any atom is -0.497 e. The Labute approximate surface area is 113 Å². The summed E-state index contributed by atoms with van der Waals surface area (Å²) in [6, 6.07) is 8.05. The number of H-pyrrole nitrogens is 1. The number of benzene rings is 1. The fourth-order valence-corrected chi connectivity index (χ4v) is 2.58. The van der Waals surface area contributed by atoms with Crippen LogP contribution in [0.15, 0.2) is 30.5 Å². The van der Waals surface area contributed by atoms with Crippen LogP contribution in [-0.4, -0.2) is 30.2 Å². The van der Waals surface area contributed by atoms with Crippen LogP contribution in [0.4, 0.5) is 0 Å². The molecule has 1 saturated heterocycles. The molecule has 0 spiro atoms. The van der Waals surface area contributed by atoms with Crippen LogP contribution in [0.5, 0.6) is 5.75 Å². The third-order valence-corrected chi connectivity index (χ3v) is 3.70. The van der Waals surface area contributed by atoms with E-state index < -0.39 is 0 Å². The molecule has 1 aliphatic rings. The Morgan fingerprint density at radius 2 is 2.11 bits per heavy atom. The van der Waals surface area contributed by atoms with E-state index >= 15 is 0 Å². The first kappa shape index (κ1) is 12.2. The van der Waals surface area contributed by atoms with Crippen LogP contribution in [0.25, 0.3) is 11.3 Å². The summed E-state index contributed by atoms with van der Waals surface area (Å²) in [4.78, 5) is 8.00. The highest BCUT2D eigenvalue weighted by atomic mass is 16.5. The number of nitrogens with zero attached hydrogens (tertiary/aromatic N) is 1. The van der Waals surface area contributed by atoms with E-state index in [9.17, 15) is 0 Å². The smallest absolute Gasteiger partial charge is 0.119 e. The molecule has 2 heterocycles. The molecular weight excluding hydrogens is 238 g/mol. The second-order valence-corrected chi connectivity index (χ2v) is 4.94. The minimum absolute atomic E-state index is 0.556. The maximum Gasteiger partial charge on any atom is 0.119 e. The molecule has 100 valence electrons. The number of hydrogen-bond donors (Lipinski definition) is 2. The van der Waals surface area contributed by atoms with Gasteiger partial charge in [0.1, 0.15) is 11.6 Å². The average Bonchev–Trinajstić information content (AvgIpc) is 2.98. The van der Waals surface area contributed by atoms with E-state index in [-0.39, 0.29) is 0 Å². The highest BCUT2D eigenvalue weighted by Crippen LogP contribution is 2.27. The topological polar surface area (TPSA) is 49.9 Å². The summed E-state index contributed by atoms with van der Waals surface area (Å²) in [5, 5.41) is 3.38. The third-order valence-electron chi connectivity index (χ3n) is 3.70. The van der Waals surface area contributed by atoms with Crippen molar-refractivity contribution in [2.24, 2.45) is 0 Å². The highest BCUT2D eigenvalue weighted by Gasteiger charge is 2.18. The van der Waals surface area contributed by atoms with Crippen LogP contribution in [0, 0.1) is 0 Å². The quantitative estimate of drug-likeness (QED) is 0.888. The molecule has 0 unspecified atom stereocenters. The molecule has 0 amide bonds. The minimum atomic E-state index is 0.556. The molecule has 1 fully saturated rings. The van der Waals surface area contributed by atoms with Gasteiger partial charge in [-0.3, -0.25) is 0 Å². The number of aromatic nitrogens is 2. The van der Waals surface area contributed by atoms with Gasteiger partial charge in [0.05, 0.1) is 19.0 Å². The Hall–Kier alpha value is -1.81. The van der Waals surface area contributed by atoms with Gasteiger partial charge in [0.25, 0.3) is 0 Å². The van der Waals surface area contributed by atoms with Gasteiger partial charge in [-0.05, 0) is 38.1 Å². The van der Waals surface area contributed by atoms with Crippen LogP contribution in [-0.2, 0) is 0 Å². The van der Waals surface area contributed by atoms with Crippen LogP contribution in [0.2, 0.25) is 0 Å². The molecule has 0 saturated carbocycles. The van der Waals surface area contributed by atoms with Crippen molar-refractivity contribution in [1.29, 1.82) is 0 Å². The number of aromatic amines is 1. The summed E-state index contributed by atoms with van der Waals surface area (Å²) < 4.78 is 5.26. The maximum absolute atomic E-state index is 5.26. The summed E-state index contributed by atoms with van der Waals surface area (Å²) in [6.07, 6.45) is 4.24. The molecular formula is C15H19N3O. The summed E-state index contributed by atoms with van der Waals surface area (Å²) in [6.45, 7) is 2.17. The zero-order valence-electron chi connectivity index (χ0n) is 11.1. The molecule has 19 heavy (non-hydrogen) atoms. The van der Waals surface area contributed by atoms with E-state index in [0.29, 0.717) is 5.92 Å². The normalized spacial score (nSPS) is 16.5. The van der Waals surface area contributed by atoms with Gasteiger partial charge < -0.3 is 15.0 Å². The molecule has 0 atom stereocenters. The molecule has 1 aliphatic heterocycles. The van der Waals surface area contributed by atoms with E-state index in [1.165, 1.54) is 0 Å². The van der Waals surface area contributed by atoms with E-state index in [4.69, 9.17) is 4.74 Å². The number of ether oxygens (including phenoxy) is 1. The molecule has 2 aromatic rings. The third kappa shape index (κ3) is 2.63. The number of hydrogen-bond acceptors (Lipinski definition) is 3. The zero-order chi connectivity index (χ0) is 13.1. The van der Waals surface area contributed by atoms with Crippen molar-refractivity contribution >= 4 is 0 Å². The average molecular weight is 257 g/mol. The van der Waals surface area contributed by atoms with E-state index in [1.807, 2.05) is 24.4 Å². The fourth-order valence-electron chi connectivity index (χ4n) is 2.58. The Morgan fingerprint density at radius 1 is 1.26 bits per heavy atom. The van der Waals surface area contributed by atoms with Crippen molar-refractivity contribution in [3.63, 3.8) is 0 Å². The summed E-state index contributed by atoms with van der Waals surface area (Å²) in [5.41, 5.74) is 2.18. The Balaban J connectivity index is 1.83. The van der Waals surface area contributed by atoms with E-state index in [2.05, 4.69) is 21.4 Å². The SMILES string of the molecule is COc1cccc(-c2cnc(C3CCNCC3)[nH]2)c1. The second kappa shape index (κ2) is 5.45. The first-order valence-electron chi connectivity index (χ1n) is 6.77. The first-order chi connectivity index (χ1) is 9.36. The second-order valence-electron chi connectivity index (χ2n) is 4.94. The van der Waals surface area contributed by atoms with Crippen molar-refractivity contribution in [1.82, 2.24) is 15.3 Å². The predicted molar refractivity (Wildman–Crippen MR) is 75.4 cm³/mol. The van der Waals surface area contributed by atoms with Crippen LogP contribution in [0.3, 0.4) is 0 Å². The van der Waals surface area contributed by atoms with Gasteiger partial charge in [0.2, 0.25) is 0 Å². The van der Waals surface area contributed by atoms with Crippen molar-refractivity contribution in [3.05, 3.63) is 36.3 Å². The number of nitrogens with one attached hydrogen (secondary N) is 2. The van der Waals surface area contributed by atoms with Gasteiger partial charge in [0, 0.05) is 11.5 Å². The maximum atomic E-state index is 5.26. The molecule has 1 aromatic heterocycles. The van der Waals surface area contributed by atoms with Crippen LogP contribution in [0.1, 0.15) is 24.6 Å². The molecule has 0 radical (unpaired) electrons. The standard InChI is InChI=1S/C15H19N3O/c1-19-13-4-2-3-12(9-13)14-10-17-15(18-14)11-5-7-16-8-6-11/h2-4,9-11,16H,5-8H2,1H3,(H,17,18). The molecule has 0 bridgehead atoms. The Kier molecular flexibility index (Phi) is 3.51. The fraction of sp³-hybridized carbons (Fsp3) is 0.400. The van der Waals surface area contributed by atoms with Crippen molar-refractivity contribution in [2.45, 2.75) is 18.8 Å². The number of piperidine rings is 1. The lowest BCUT2D eigenvalue weighted by atomic mass is 9.98. The molecule has 2 N–H and O–H groups in total. The lowest BCUT2D eigenvalue weighted by Gasteiger charge is -2.20. The van der Waals surface area contributed by atoms with Crippen molar-refractivity contribution in [3.8, 4) is 17.0 Å². The molecule has 1 aromatic carbocycles. The summed E-state index contributed by atoms with van der Waals surface area (Å²) in [5.74, 6) is 2.54. The molecule has 3 rings (SSSR count). The highest BCUT2D eigenvalue weighted by molar-refractivity contribution is 5.60. The summed E-state index contributed by atoms with van der Waals surface area (Å²) >= 11 is 0. The van der Waals surface area contributed by atoms with Gasteiger partial charge in [-0.1, -0.05) is 12.1 Å². The van der Waals surface area contributed by atoms with Gasteiger partial charge in [0.15, 0.2) is 0 Å². The molecule has 0 aliphatic carbocycles. The predicted octanol–water partition coefficient (Wildman–Crippen LogP) is 2.55. The van der Waals surface area contributed by atoms with Crippen molar-refractivity contribution in [2.75, 3.05) is 20.2 Å². The van der Waals surface area contributed by atoms with Gasteiger partial charge >= 0.3 is 0 Å². The number of methoxy groups -OCH3 is 1. The lowest BCUT2D eigenvalue weighted by molar-refractivity contribution is 0.415. The zero-order valence-corrected chi connectivity index (χ0v) is 11.1. The monoisotopic (exact) mass is 257 g/mol. The Morgan fingerprint density at radius 3 is 2.89 bits per heavy atom. The summed E-state index contributed by atoms with van der Waals surface area (Å²) in [7, 11) is 1.69. The van der Waals surface area contributed by atoms with Gasteiger partial charge in [-0.25, -0.2) is 4.98 Å². The number of rotatable bonds is 3. The molecule has 4 nitrogen and oxygen atoms in total. The van der Waals surface area contributed by atoms with Crippen molar-refractivity contribution < 1.29 is 4.74 Å². The van der Waals surface area contributed by atoms with Crippen LogP contribution >= 0.6 is 0 Å². The first-order valence-corrected chi connectivity index (χ1v) is 6.77. The van der Waals surface area contributed by atoms with E-state index in [0.717, 1.165) is 48.8 Å². The largest absolute Gasteiger partial charge is 0.497 e. The van der Waals surface area contributed by atoms with Crippen LogP contribution < -0.4 is 10.1 Å².